The lowest BCUT2D eigenvalue weighted by Gasteiger charge is -2.08. The number of aromatic hydroxyl groups is 1. The fourth-order valence-electron chi connectivity index (χ4n) is 3.64. The molecule has 144 valence electrons. The summed E-state index contributed by atoms with van der Waals surface area (Å²) in [6.07, 6.45) is 3.01. The topological polar surface area (TPSA) is 60.9 Å². The van der Waals surface area contributed by atoms with E-state index in [9.17, 15) is 5.11 Å². The number of thiazole rings is 1. The fourth-order valence-corrected chi connectivity index (χ4v) is 4.60. The van der Waals surface area contributed by atoms with Crippen molar-refractivity contribution in [3.63, 3.8) is 0 Å². The second-order valence-corrected chi connectivity index (χ2v) is 8.15. The first kappa shape index (κ1) is 17.9. The summed E-state index contributed by atoms with van der Waals surface area (Å²) in [5.74, 6) is 0.314. The third kappa shape index (κ3) is 3.62. The summed E-state index contributed by atoms with van der Waals surface area (Å²) in [6, 6.07) is 22.2. The number of hydrogen-bond donors (Lipinski definition) is 3. The summed E-state index contributed by atoms with van der Waals surface area (Å²) in [6.45, 7) is 1.46. The third-order valence-corrected chi connectivity index (χ3v) is 6.27. The van der Waals surface area contributed by atoms with Crippen molar-refractivity contribution in [3.05, 3.63) is 84.1 Å². The summed E-state index contributed by atoms with van der Waals surface area (Å²) >= 11 is 1.68. The molecule has 5 aromatic rings. The van der Waals surface area contributed by atoms with Crippen molar-refractivity contribution in [2.75, 3.05) is 6.54 Å². The van der Waals surface area contributed by atoms with Gasteiger partial charge in [-0.1, -0.05) is 30.3 Å². The second-order valence-electron chi connectivity index (χ2n) is 7.12. The number of phenolic OH excluding ortho intramolecular Hbond substituents is 1. The molecule has 0 bridgehead atoms. The van der Waals surface area contributed by atoms with E-state index >= 15 is 0 Å². The van der Waals surface area contributed by atoms with Gasteiger partial charge in [0, 0.05) is 34.8 Å². The Balaban J connectivity index is 1.28. The molecule has 0 aliphatic heterocycles. The van der Waals surface area contributed by atoms with Gasteiger partial charge in [-0.2, -0.15) is 0 Å². The van der Waals surface area contributed by atoms with Crippen LogP contribution in [0.5, 0.6) is 5.75 Å². The highest BCUT2D eigenvalue weighted by atomic mass is 32.1. The molecule has 3 aromatic carbocycles. The molecule has 5 heteroatoms. The number of H-pyrrole nitrogens is 1. The lowest BCUT2D eigenvalue weighted by molar-refractivity contribution is 0.465. The SMILES string of the molecule is Oc1ccc(-c2nc3ccccc3s2)cc1CNCCc1c[nH]c2ccccc12. The monoisotopic (exact) mass is 399 g/mol. The van der Waals surface area contributed by atoms with Crippen LogP contribution in [0.1, 0.15) is 11.1 Å². The molecule has 0 aliphatic rings. The number of phenols is 1. The highest BCUT2D eigenvalue weighted by molar-refractivity contribution is 7.21. The van der Waals surface area contributed by atoms with E-state index in [1.165, 1.54) is 21.2 Å². The molecular formula is C24H21N3OS. The molecule has 0 atom stereocenters. The van der Waals surface area contributed by atoms with E-state index in [4.69, 9.17) is 4.98 Å². The number of benzene rings is 3. The van der Waals surface area contributed by atoms with Gasteiger partial charge in [-0.15, -0.1) is 11.3 Å². The van der Waals surface area contributed by atoms with Gasteiger partial charge in [-0.3, -0.25) is 0 Å². The number of hydrogen-bond acceptors (Lipinski definition) is 4. The van der Waals surface area contributed by atoms with Crippen molar-refractivity contribution in [3.8, 4) is 16.3 Å². The molecule has 0 spiro atoms. The number of rotatable bonds is 6. The minimum Gasteiger partial charge on any atom is -0.508 e. The van der Waals surface area contributed by atoms with E-state index in [1.54, 1.807) is 17.4 Å². The minimum atomic E-state index is 0.314. The molecule has 29 heavy (non-hydrogen) atoms. The van der Waals surface area contributed by atoms with Crippen LogP contribution >= 0.6 is 11.3 Å². The first-order valence-electron chi connectivity index (χ1n) is 9.71. The molecule has 5 rings (SSSR count). The van der Waals surface area contributed by atoms with Crippen molar-refractivity contribution in [1.29, 1.82) is 0 Å². The molecule has 0 saturated carbocycles. The van der Waals surface area contributed by atoms with Crippen LogP contribution in [0.25, 0.3) is 31.7 Å². The summed E-state index contributed by atoms with van der Waals surface area (Å²) in [5, 5.41) is 16.0. The lowest BCUT2D eigenvalue weighted by Crippen LogP contribution is -2.16. The second kappa shape index (κ2) is 7.70. The zero-order valence-electron chi connectivity index (χ0n) is 15.9. The normalized spacial score (nSPS) is 11.4. The van der Waals surface area contributed by atoms with Crippen LogP contribution in [-0.4, -0.2) is 21.6 Å². The number of aromatic amines is 1. The molecule has 0 saturated heterocycles. The maximum absolute atomic E-state index is 10.3. The first-order chi connectivity index (χ1) is 14.3. The number of fused-ring (bicyclic) bond motifs is 2. The van der Waals surface area contributed by atoms with Crippen LogP contribution in [0.15, 0.2) is 72.9 Å². The van der Waals surface area contributed by atoms with E-state index < -0.39 is 0 Å². The van der Waals surface area contributed by atoms with Crippen LogP contribution in [0.3, 0.4) is 0 Å². The summed E-state index contributed by atoms with van der Waals surface area (Å²) in [7, 11) is 0. The Hall–Kier alpha value is -3.15. The van der Waals surface area contributed by atoms with Crippen molar-refractivity contribution >= 4 is 32.5 Å². The molecule has 2 aromatic heterocycles. The van der Waals surface area contributed by atoms with Crippen LogP contribution in [0.4, 0.5) is 0 Å². The average molecular weight is 400 g/mol. The third-order valence-electron chi connectivity index (χ3n) is 5.18. The first-order valence-corrected chi connectivity index (χ1v) is 10.5. The molecule has 3 N–H and O–H groups in total. The van der Waals surface area contributed by atoms with Gasteiger partial charge >= 0.3 is 0 Å². The van der Waals surface area contributed by atoms with Gasteiger partial charge < -0.3 is 15.4 Å². The lowest BCUT2D eigenvalue weighted by atomic mass is 10.1. The zero-order chi connectivity index (χ0) is 19.6. The molecule has 0 radical (unpaired) electrons. The van der Waals surface area contributed by atoms with Crippen LogP contribution in [0.2, 0.25) is 0 Å². The quantitative estimate of drug-likeness (QED) is 0.331. The average Bonchev–Trinajstić information content (AvgIpc) is 3.36. The fraction of sp³-hybridized carbons (Fsp3) is 0.125. The minimum absolute atomic E-state index is 0.314. The van der Waals surface area contributed by atoms with E-state index in [-0.39, 0.29) is 0 Å². The maximum Gasteiger partial charge on any atom is 0.124 e. The zero-order valence-corrected chi connectivity index (χ0v) is 16.7. The number of aromatic nitrogens is 2. The van der Waals surface area contributed by atoms with Crippen molar-refractivity contribution < 1.29 is 5.11 Å². The molecule has 0 fully saturated rings. The Morgan fingerprint density at radius 3 is 2.76 bits per heavy atom. The molecule has 2 heterocycles. The van der Waals surface area contributed by atoms with Crippen LogP contribution in [-0.2, 0) is 13.0 Å². The largest absolute Gasteiger partial charge is 0.508 e. The molecule has 0 aliphatic carbocycles. The standard InChI is InChI=1S/C24H21N3OS/c28-22-10-9-16(24-27-21-7-3-4-8-23(21)29-24)13-18(22)14-25-12-11-17-15-26-20-6-2-1-5-19(17)20/h1-10,13,15,25-26,28H,11-12,14H2. The Morgan fingerprint density at radius 1 is 0.966 bits per heavy atom. The highest BCUT2D eigenvalue weighted by Gasteiger charge is 2.09. The van der Waals surface area contributed by atoms with Crippen molar-refractivity contribution in [2.45, 2.75) is 13.0 Å². The van der Waals surface area contributed by atoms with E-state index in [1.807, 2.05) is 36.4 Å². The van der Waals surface area contributed by atoms with Gasteiger partial charge in [0.2, 0.25) is 0 Å². The van der Waals surface area contributed by atoms with Gasteiger partial charge in [-0.05, 0) is 54.9 Å². The Kier molecular flexibility index (Phi) is 4.76. The molecule has 0 amide bonds. The number of nitrogens with one attached hydrogen (secondary N) is 2. The smallest absolute Gasteiger partial charge is 0.124 e. The maximum atomic E-state index is 10.3. The Labute approximate surface area is 172 Å². The van der Waals surface area contributed by atoms with Crippen molar-refractivity contribution in [2.24, 2.45) is 0 Å². The number of nitrogens with zero attached hydrogens (tertiary/aromatic N) is 1. The van der Waals surface area contributed by atoms with Gasteiger partial charge in [0.25, 0.3) is 0 Å². The predicted molar refractivity (Wildman–Crippen MR) is 120 cm³/mol. The van der Waals surface area contributed by atoms with Gasteiger partial charge in [-0.25, -0.2) is 4.98 Å². The highest BCUT2D eigenvalue weighted by Crippen LogP contribution is 2.32. The molecule has 0 unspecified atom stereocenters. The Morgan fingerprint density at radius 2 is 1.83 bits per heavy atom. The van der Waals surface area contributed by atoms with Crippen LogP contribution in [0, 0.1) is 0 Å². The van der Waals surface area contributed by atoms with Gasteiger partial charge in [0.05, 0.1) is 10.2 Å². The summed E-state index contributed by atoms with van der Waals surface area (Å²) in [4.78, 5) is 8.04. The number of para-hydroxylation sites is 2. The van der Waals surface area contributed by atoms with E-state index in [0.717, 1.165) is 34.6 Å². The summed E-state index contributed by atoms with van der Waals surface area (Å²) in [5.41, 5.74) is 5.42. The molecule has 4 nitrogen and oxygen atoms in total. The summed E-state index contributed by atoms with van der Waals surface area (Å²) < 4.78 is 1.17. The van der Waals surface area contributed by atoms with Gasteiger partial charge in [0.15, 0.2) is 0 Å². The van der Waals surface area contributed by atoms with Crippen LogP contribution < -0.4 is 5.32 Å². The predicted octanol–water partition coefficient (Wildman–Crippen LogP) is 5.48. The van der Waals surface area contributed by atoms with E-state index in [0.29, 0.717) is 12.3 Å². The Bertz CT molecular complexity index is 1250. The van der Waals surface area contributed by atoms with E-state index in [2.05, 4.69) is 40.8 Å². The van der Waals surface area contributed by atoms with Crippen molar-refractivity contribution in [1.82, 2.24) is 15.3 Å². The molecular weight excluding hydrogens is 378 g/mol. The van der Waals surface area contributed by atoms with Gasteiger partial charge in [0.1, 0.15) is 10.8 Å².